The smallest absolute Gasteiger partial charge is 0.258 e. The number of nitrogens with one attached hydrogen (secondary N) is 1. The van der Waals surface area contributed by atoms with Gasteiger partial charge in [-0.15, -0.1) is 0 Å². The van der Waals surface area contributed by atoms with Crippen LogP contribution in [-0.4, -0.2) is 23.3 Å². The molecule has 1 amide bonds. The fourth-order valence-corrected chi connectivity index (χ4v) is 2.81. The molecule has 0 saturated carbocycles. The molecule has 1 unspecified atom stereocenters. The van der Waals surface area contributed by atoms with Crippen LogP contribution >= 0.6 is 0 Å². The second kappa shape index (κ2) is 9.46. The van der Waals surface area contributed by atoms with E-state index in [0.717, 1.165) is 11.3 Å². The van der Waals surface area contributed by atoms with E-state index in [1.807, 2.05) is 55.5 Å². The van der Waals surface area contributed by atoms with Gasteiger partial charge in [0.25, 0.3) is 5.91 Å². The molecule has 0 aliphatic heterocycles. The Bertz CT molecular complexity index is 870. The molecule has 1 heterocycles. The fraction of sp³-hybridized carbons (Fsp3) is 0.174. The zero-order valence-electron chi connectivity index (χ0n) is 15.7. The summed E-state index contributed by atoms with van der Waals surface area (Å²) in [5, 5.41) is 2.98. The lowest BCUT2D eigenvalue weighted by molar-refractivity contribution is -0.123. The Morgan fingerprint density at radius 3 is 2.32 bits per heavy atom. The summed E-state index contributed by atoms with van der Waals surface area (Å²) in [5.74, 6) is 0.357. The number of hydrogen-bond acceptors (Lipinski definition) is 4. The summed E-state index contributed by atoms with van der Waals surface area (Å²) < 4.78 is 5.57. The Hall–Kier alpha value is -3.47. The maximum Gasteiger partial charge on any atom is 0.258 e. The number of nitrogens with zero attached hydrogens (tertiary/aromatic N) is 1. The van der Waals surface area contributed by atoms with E-state index in [9.17, 15) is 9.59 Å². The van der Waals surface area contributed by atoms with E-state index in [1.165, 1.54) is 0 Å². The van der Waals surface area contributed by atoms with Crippen LogP contribution in [-0.2, 0) is 4.79 Å². The molecule has 1 atom stereocenters. The monoisotopic (exact) mass is 374 g/mol. The Labute approximate surface area is 164 Å². The second-order valence-electron chi connectivity index (χ2n) is 6.26. The number of Topliss-reactive ketones (excluding diaryl/α,β-unsaturated/α-hetero) is 1. The minimum atomic E-state index is -0.358. The molecule has 0 bridgehead atoms. The zero-order chi connectivity index (χ0) is 19.8. The number of aromatic nitrogens is 1. The minimum Gasteiger partial charge on any atom is -0.484 e. The number of ether oxygens (including phenoxy) is 1. The molecule has 0 radical (unpaired) electrons. The van der Waals surface area contributed by atoms with Gasteiger partial charge in [-0.2, -0.15) is 0 Å². The molecule has 0 fully saturated rings. The van der Waals surface area contributed by atoms with E-state index < -0.39 is 0 Å². The van der Waals surface area contributed by atoms with E-state index in [1.54, 1.807) is 30.5 Å². The third-order valence-corrected chi connectivity index (χ3v) is 4.29. The van der Waals surface area contributed by atoms with E-state index in [4.69, 9.17) is 4.74 Å². The van der Waals surface area contributed by atoms with Gasteiger partial charge >= 0.3 is 0 Å². The van der Waals surface area contributed by atoms with E-state index in [-0.39, 0.29) is 24.3 Å². The van der Waals surface area contributed by atoms with Crippen molar-refractivity contribution in [2.75, 3.05) is 6.61 Å². The maximum absolute atomic E-state index is 12.5. The first kappa shape index (κ1) is 19.3. The molecule has 28 heavy (non-hydrogen) atoms. The molecule has 3 aromatic rings. The van der Waals surface area contributed by atoms with Crippen molar-refractivity contribution in [2.45, 2.75) is 19.4 Å². The van der Waals surface area contributed by atoms with Crippen molar-refractivity contribution in [3.63, 3.8) is 0 Å². The van der Waals surface area contributed by atoms with Crippen LogP contribution in [0.2, 0.25) is 0 Å². The van der Waals surface area contributed by atoms with Gasteiger partial charge in [0, 0.05) is 18.2 Å². The Kier molecular flexibility index (Phi) is 6.52. The number of benzene rings is 2. The van der Waals surface area contributed by atoms with Crippen LogP contribution in [0, 0.1) is 0 Å². The van der Waals surface area contributed by atoms with Crippen molar-refractivity contribution in [3.05, 3.63) is 95.8 Å². The lowest BCUT2D eigenvalue weighted by atomic mass is 10.0. The number of rotatable bonds is 8. The summed E-state index contributed by atoms with van der Waals surface area (Å²) in [6.07, 6.45) is 2.16. The maximum atomic E-state index is 12.5. The summed E-state index contributed by atoms with van der Waals surface area (Å²) in [5.41, 5.74) is 2.33. The summed E-state index contributed by atoms with van der Waals surface area (Å²) >= 11 is 0. The number of carbonyl (C=O) groups is 2. The first-order chi connectivity index (χ1) is 13.7. The molecular weight excluding hydrogens is 352 g/mol. The van der Waals surface area contributed by atoms with E-state index in [0.29, 0.717) is 17.7 Å². The molecule has 2 aromatic carbocycles. The topological polar surface area (TPSA) is 68.3 Å². The summed E-state index contributed by atoms with van der Waals surface area (Å²) in [7, 11) is 0. The van der Waals surface area contributed by atoms with Crippen LogP contribution in [0.1, 0.15) is 41.0 Å². The van der Waals surface area contributed by atoms with Crippen molar-refractivity contribution in [1.82, 2.24) is 10.3 Å². The van der Waals surface area contributed by atoms with Gasteiger partial charge in [0.15, 0.2) is 12.4 Å². The normalized spacial score (nSPS) is 11.5. The van der Waals surface area contributed by atoms with Gasteiger partial charge in [-0.05, 0) is 42.0 Å². The Morgan fingerprint density at radius 2 is 1.68 bits per heavy atom. The lowest BCUT2D eigenvalue weighted by Crippen LogP contribution is -2.33. The van der Waals surface area contributed by atoms with Gasteiger partial charge < -0.3 is 10.1 Å². The predicted octanol–water partition coefficient (Wildman–Crippen LogP) is 3.96. The standard InChI is InChI=1S/C23H22N2O3/c1-2-21(26)17-11-13-19(14-12-17)28-16-22(27)25-23(18-8-4-3-5-9-18)20-10-6-7-15-24-20/h3-15,23H,2,16H2,1H3,(H,25,27). The van der Waals surface area contributed by atoms with Gasteiger partial charge in [0.2, 0.25) is 0 Å². The van der Waals surface area contributed by atoms with Crippen LogP contribution in [0.5, 0.6) is 5.75 Å². The van der Waals surface area contributed by atoms with Crippen molar-refractivity contribution in [3.8, 4) is 5.75 Å². The number of carbonyl (C=O) groups excluding carboxylic acids is 2. The van der Waals surface area contributed by atoms with Crippen molar-refractivity contribution in [2.24, 2.45) is 0 Å². The molecule has 0 aliphatic carbocycles. The Morgan fingerprint density at radius 1 is 0.964 bits per heavy atom. The zero-order valence-corrected chi connectivity index (χ0v) is 15.7. The quantitative estimate of drug-likeness (QED) is 0.606. The fourth-order valence-electron chi connectivity index (χ4n) is 2.81. The summed E-state index contributed by atoms with van der Waals surface area (Å²) in [6.45, 7) is 1.69. The highest BCUT2D eigenvalue weighted by atomic mass is 16.5. The minimum absolute atomic E-state index is 0.0744. The highest BCUT2D eigenvalue weighted by Crippen LogP contribution is 2.20. The molecule has 5 heteroatoms. The third-order valence-electron chi connectivity index (χ3n) is 4.29. The molecule has 0 aliphatic rings. The summed E-state index contributed by atoms with van der Waals surface area (Å²) in [4.78, 5) is 28.5. The lowest BCUT2D eigenvalue weighted by Gasteiger charge is -2.19. The highest BCUT2D eigenvalue weighted by Gasteiger charge is 2.18. The van der Waals surface area contributed by atoms with Crippen LogP contribution in [0.15, 0.2) is 79.0 Å². The molecule has 142 valence electrons. The molecule has 0 spiro atoms. The average molecular weight is 374 g/mol. The van der Waals surface area contributed by atoms with Crippen LogP contribution < -0.4 is 10.1 Å². The second-order valence-corrected chi connectivity index (χ2v) is 6.26. The van der Waals surface area contributed by atoms with Gasteiger partial charge in [-0.1, -0.05) is 43.3 Å². The van der Waals surface area contributed by atoms with Gasteiger partial charge in [0.1, 0.15) is 5.75 Å². The highest BCUT2D eigenvalue weighted by molar-refractivity contribution is 5.95. The van der Waals surface area contributed by atoms with Crippen LogP contribution in [0.25, 0.3) is 0 Å². The summed E-state index contributed by atoms with van der Waals surface area (Å²) in [6, 6.07) is 21.7. The SMILES string of the molecule is CCC(=O)c1ccc(OCC(=O)NC(c2ccccc2)c2ccccn2)cc1. The van der Waals surface area contributed by atoms with Crippen molar-refractivity contribution in [1.29, 1.82) is 0 Å². The molecule has 5 nitrogen and oxygen atoms in total. The van der Waals surface area contributed by atoms with Gasteiger partial charge in [0.05, 0.1) is 11.7 Å². The first-order valence-corrected chi connectivity index (χ1v) is 9.18. The number of amides is 1. The molecular formula is C23H22N2O3. The number of ketones is 1. The molecule has 1 N–H and O–H groups in total. The van der Waals surface area contributed by atoms with E-state index >= 15 is 0 Å². The number of pyridine rings is 1. The van der Waals surface area contributed by atoms with Crippen LogP contribution in [0.3, 0.4) is 0 Å². The third kappa shape index (κ3) is 5.04. The van der Waals surface area contributed by atoms with Gasteiger partial charge in [-0.3, -0.25) is 14.6 Å². The predicted molar refractivity (Wildman–Crippen MR) is 107 cm³/mol. The van der Waals surface area contributed by atoms with Crippen molar-refractivity contribution < 1.29 is 14.3 Å². The molecule has 3 rings (SSSR count). The first-order valence-electron chi connectivity index (χ1n) is 9.18. The number of hydrogen-bond donors (Lipinski definition) is 1. The van der Waals surface area contributed by atoms with Gasteiger partial charge in [-0.25, -0.2) is 0 Å². The average Bonchev–Trinajstić information content (AvgIpc) is 2.77. The van der Waals surface area contributed by atoms with E-state index in [2.05, 4.69) is 10.3 Å². The molecule has 1 aromatic heterocycles. The molecule has 0 saturated heterocycles. The Balaban J connectivity index is 1.65. The largest absolute Gasteiger partial charge is 0.484 e. The van der Waals surface area contributed by atoms with Crippen LogP contribution in [0.4, 0.5) is 0 Å². The van der Waals surface area contributed by atoms with Crippen molar-refractivity contribution >= 4 is 11.7 Å².